The highest BCUT2D eigenvalue weighted by Gasteiger charge is 2.16. The summed E-state index contributed by atoms with van der Waals surface area (Å²) in [5.41, 5.74) is 1.56. The number of nitrogens with one attached hydrogen (secondary N) is 1. The van der Waals surface area contributed by atoms with Crippen LogP contribution in [0, 0.1) is 17.0 Å². The molecule has 19 heavy (non-hydrogen) atoms. The summed E-state index contributed by atoms with van der Waals surface area (Å²) in [4.78, 5) is 18.4. The highest BCUT2D eigenvalue weighted by molar-refractivity contribution is 9.10. The summed E-state index contributed by atoms with van der Waals surface area (Å²) < 4.78 is 0.602. The summed E-state index contributed by atoms with van der Waals surface area (Å²) in [5, 5.41) is 13.9. The number of halogens is 1. The van der Waals surface area contributed by atoms with E-state index in [9.17, 15) is 10.1 Å². The molecule has 7 heteroatoms. The molecule has 0 radical (unpaired) electrons. The lowest BCUT2D eigenvalue weighted by molar-refractivity contribution is -0.385. The van der Waals surface area contributed by atoms with Crippen molar-refractivity contribution >= 4 is 27.4 Å². The van der Waals surface area contributed by atoms with Gasteiger partial charge in [-0.25, -0.2) is 4.98 Å². The lowest BCUT2D eigenvalue weighted by atomic mass is 10.2. The predicted molar refractivity (Wildman–Crippen MR) is 74.9 cm³/mol. The van der Waals surface area contributed by atoms with Gasteiger partial charge in [0.2, 0.25) is 0 Å². The molecule has 0 fully saturated rings. The average Bonchev–Trinajstić information content (AvgIpc) is 2.41. The van der Waals surface area contributed by atoms with Gasteiger partial charge in [0.05, 0.1) is 9.40 Å². The molecule has 0 atom stereocenters. The summed E-state index contributed by atoms with van der Waals surface area (Å²) in [5.74, 6) is 0.576. The van der Waals surface area contributed by atoms with E-state index in [2.05, 4.69) is 31.2 Å². The van der Waals surface area contributed by atoms with Gasteiger partial charge < -0.3 is 5.32 Å². The number of hydrogen-bond donors (Lipinski definition) is 1. The van der Waals surface area contributed by atoms with Gasteiger partial charge >= 0.3 is 0 Å². The van der Waals surface area contributed by atoms with Gasteiger partial charge in [-0.1, -0.05) is 6.07 Å². The number of nitrogens with zero attached hydrogens (tertiary/aromatic N) is 3. The number of aromatic nitrogens is 2. The Morgan fingerprint density at radius 2 is 2.26 bits per heavy atom. The summed E-state index contributed by atoms with van der Waals surface area (Å²) in [6, 6.07) is 3.78. The Bertz CT molecular complexity index is 604. The smallest absolute Gasteiger partial charge is 0.291 e. The quantitative estimate of drug-likeness (QED) is 0.691. The molecule has 2 aromatic heterocycles. The normalized spacial score (nSPS) is 10.2. The van der Waals surface area contributed by atoms with Crippen molar-refractivity contribution in [1.82, 2.24) is 9.97 Å². The molecule has 0 unspecified atom stereocenters. The van der Waals surface area contributed by atoms with E-state index in [0.29, 0.717) is 22.4 Å². The fourth-order valence-corrected chi connectivity index (χ4v) is 2.01. The summed E-state index contributed by atoms with van der Waals surface area (Å²) in [7, 11) is 0. The van der Waals surface area contributed by atoms with Crippen molar-refractivity contribution in [2.45, 2.75) is 13.5 Å². The molecule has 0 saturated carbocycles. The van der Waals surface area contributed by atoms with Gasteiger partial charge in [0.15, 0.2) is 0 Å². The number of anilines is 1. The van der Waals surface area contributed by atoms with Crippen molar-refractivity contribution < 1.29 is 4.92 Å². The third kappa shape index (κ3) is 3.05. The van der Waals surface area contributed by atoms with Crippen LogP contribution < -0.4 is 5.32 Å². The highest BCUT2D eigenvalue weighted by atomic mass is 79.9. The minimum absolute atomic E-state index is 0.00111. The van der Waals surface area contributed by atoms with Crippen LogP contribution in [0.4, 0.5) is 11.5 Å². The van der Waals surface area contributed by atoms with E-state index in [-0.39, 0.29) is 5.69 Å². The maximum absolute atomic E-state index is 10.8. The molecule has 0 bridgehead atoms. The number of nitro groups is 1. The van der Waals surface area contributed by atoms with Crippen molar-refractivity contribution in [2.75, 3.05) is 5.32 Å². The van der Waals surface area contributed by atoms with E-state index in [1.54, 1.807) is 19.3 Å². The average molecular weight is 323 g/mol. The molecule has 0 aliphatic rings. The Labute approximate surface area is 118 Å². The lowest BCUT2D eigenvalue weighted by Crippen LogP contribution is -2.04. The monoisotopic (exact) mass is 322 g/mol. The van der Waals surface area contributed by atoms with E-state index in [0.717, 1.165) is 5.56 Å². The molecule has 98 valence electrons. The minimum atomic E-state index is -0.446. The zero-order valence-electron chi connectivity index (χ0n) is 10.1. The molecule has 2 heterocycles. The van der Waals surface area contributed by atoms with Crippen LogP contribution in [0.5, 0.6) is 0 Å². The third-order valence-corrected chi connectivity index (χ3v) is 3.59. The minimum Gasteiger partial charge on any atom is -0.365 e. The first-order valence-electron chi connectivity index (χ1n) is 5.52. The Hall–Kier alpha value is -2.02. The van der Waals surface area contributed by atoms with Gasteiger partial charge in [0, 0.05) is 24.5 Å². The summed E-state index contributed by atoms with van der Waals surface area (Å²) in [6.07, 6.45) is 4.71. The van der Waals surface area contributed by atoms with Crippen molar-refractivity contribution in [3.8, 4) is 0 Å². The van der Waals surface area contributed by atoms with Gasteiger partial charge in [-0.2, -0.15) is 0 Å². The molecule has 1 N–H and O–H groups in total. The molecule has 0 aliphatic heterocycles. The molecular formula is C12H11BrN4O2. The topological polar surface area (TPSA) is 81.0 Å². The fraction of sp³-hybridized carbons (Fsp3) is 0.167. The zero-order valence-corrected chi connectivity index (χ0v) is 11.7. The maximum atomic E-state index is 10.8. The molecule has 0 aliphatic carbocycles. The molecule has 0 amide bonds. The first-order chi connectivity index (χ1) is 9.09. The van der Waals surface area contributed by atoms with Gasteiger partial charge in [0.1, 0.15) is 12.0 Å². The highest BCUT2D eigenvalue weighted by Crippen LogP contribution is 2.30. The van der Waals surface area contributed by atoms with Crippen LogP contribution in [-0.4, -0.2) is 14.9 Å². The Morgan fingerprint density at radius 3 is 2.89 bits per heavy atom. The Morgan fingerprint density at radius 1 is 1.47 bits per heavy atom. The second-order valence-electron chi connectivity index (χ2n) is 3.90. The number of pyridine rings is 2. The second-order valence-corrected chi connectivity index (χ2v) is 4.70. The molecule has 2 aromatic rings. The van der Waals surface area contributed by atoms with Crippen LogP contribution in [0.1, 0.15) is 11.1 Å². The molecular weight excluding hydrogens is 312 g/mol. The van der Waals surface area contributed by atoms with Gasteiger partial charge in [0.25, 0.3) is 5.69 Å². The first kappa shape index (κ1) is 13.4. The number of hydrogen-bond acceptors (Lipinski definition) is 5. The fourth-order valence-electron chi connectivity index (χ4n) is 1.57. The van der Waals surface area contributed by atoms with E-state index in [1.165, 1.54) is 6.20 Å². The van der Waals surface area contributed by atoms with Gasteiger partial charge in [-0.05, 0) is 34.5 Å². The van der Waals surface area contributed by atoms with Crippen LogP contribution in [0.25, 0.3) is 0 Å². The van der Waals surface area contributed by atoms with Crippen molar-refractivity contribution in [2.24, 2.45) is 0 Å². The lowest BCUT2D eigenvalue weighted by Gasteiger charge is -2.09. The van der Waals surface area contributed by atoms with E-state index in [1.807, 2.05) is 12.1 Å². The third-order valence-electron chi connectivity index (χ3n) is 2.62. The largest absolute Gasteiger partial charge is 0.365 e. The van der Waals surface area contributed by atoms with Crippen LogP contribution in [-0.2, 0) is 6.54 Å². The van der Waals surface area contributed by atoms with Crippen LogP contribution in [0.3, 0.4) is 0 Å². The van der Waals surface area contributed by atoms with Crippen molar-refractivity contribution in [1.29, 1.82) is 0 Å². The Balaban J connectivity index is 2.18. The Kier molecular flexibility index (Phi) is 4.06. The van der Waals surface area contributed by atoms with Gasteiger partial charge in [-0.15, -0.1) is 0 Å². The summed E-state index contributed by atoms with van der Waals surface area (Å²) in [6.45, 7) is 2.23. The van der Waals surface area contributed by atoms with E-state index < -0.39 is 4.92 Å². The number of rotatable bonds is 4. The molecule has 2 rings (SSSR count). The maximum Gasteiger partial charge on any atom is 0.291 e. The van der Waals surface area contributed by atoms with E-state index in [4.69, 9.17) is 0 Å². The zero-order chi connectivity index (χ0) is 13.8. The van der Waals surface area contributed by atoms with E-state index >= 15 is 0 Å². The standard InChI is InChI=1S/C12H11BrN4O2/c1-8-10(17(18)19)7-16-12(11(8)13)15-6-9-3-2-4-14-5-9/h2-5,7H,6H2,1H3,(H,15,16). The second kappa shape index (κ2) is 5.75. The summed E-state index contributed by atoms with van der Waals surface area (Å²) >= 11 is 3.33. The van der Waals surface area contributed by atoms with Crippen LogP contribution in [0.15, 0.2) is 35.2 Å². The van der Waals surface area contributed by atoms with Crippen molar-refractivity contribution in [3.05, 3.63) is 56.4 Å². The van der Waals surface area contributed by atoms with Crippen molar-refractivity contribution in [3.63, 3.8) is 0 Å². The molecule has 6 nitrogen and oxygen atoms in total. The molecule has 0 aromatic carbocycles. The molecule has 0 spiro atoms. The first-order valence-corrected chi connectivity index (χ1v) is 6.31. The predicted octanol–water partition coefficient (Wildman–Crippen LogP) is 3.07. The van der Waals surface area contributed by atoms with Gasteiger partial charge in [-0.3, -0.25) is 15.1 Å². The SMILES string of the molecule is Cc1c([N+](=O)[O-])cnc(NCc2cccnc2)c1Br. The van der Waals surface area contributed by atoms with Crippen LogP contribution >= 0.6 is 15.9 Å². The van der Waals surface area contributed by atoms with Crippen LogP contribution in [0.2, 0.25) is 0 Å². The molecule has 0 saturated heterocycles.